The van der Waals surface area contributed by atoms with E-state index >= 15 is 0 Å². The number of furan rings is 1. The second kappa shape index (κ2) is 9.67. The number of amides is 1. The molecule has 2 rings (SSSR count). The van der Waals surface area contributed by atoms with Crippen molar-refractivity contribution >= 4 is 34.6 Å². The van der Waals surface area contributed by atoms with E-state index in [-0.39, 0.29) is 11.7 Å². The van der Waals surface area contributed by atoms with Crippen molar-refractivity contribution < 1.29 is 18.7 Å². The molecule has 3 N–H and O–H groups in total. The number of anilines is 2. The summed E-state index contributed by atoms with van der Waals surface area (Å²) in [6.07, 6.45) is 1.44. The second-order valence-electron chi connectivity index (χ2n) is 5.13. The van der Waals surface area contributed by atoms with Crippen molar-refractivity contribution in [2.24, 2.45) is 0 Å². The van der Waals surface area contributed by atoms with Crippen molar-refractivity contribution in [1.82, 2.24) is 5.32 Å². The Balaban J connectivity index is 2.34. The molecule has 0 saturated heterocycles. The van der Waals surface area contributed by atoms with Crippen LogP contribution in [0, 0.1) is 0 Å². The average Bonchev–Trinajstić information content (AvgIpc) is 3.13. The molecule has 0 aliphatic heterocycles. The highest BCUT2D eigenvalue weighted by Gasteiger charge is 2.17. The molecule has 8 heteroatoms. The summed E-state index contributed by atoms with van der Waals surface area (Å²) in [4.78, 5) is 12.3. The predicted octanol–water partition coefficient (Wildman–Crippen LogP) is 3.64. The van der Waals surface area contributed by atoms with Gasteiger partial charge in [-0.15, -0.1) is 0 Å². The van der Waals surface area contributed by atoms with Gasteiger partial charge in [0.2, 0.25) is 0 Å². The van der Waals surface area contributed by atoms with Crippen LogP contribution in [0.5, 0.6) is 11.5 Å². The van der Waals surface area contributed by atoms with E-state index in [1.165, 1.54) is 6.26 Å². The van der Waals surface area contributed by atoms with Gasteiger partial charge < -0.3 is 29.8 Å². The first-order valence-electron chi connectivity index (χ1n) is 8.42. The van der Waals surface area contributed by atoms with Crippen molar-refractivity contribution in [3.63, 3.8) is 0 Å². The number of carbonyl (C=O) groups is 1. The summed E-state index contributed by atoms with van der Waals surface area (Å²) in [5.41, 5.74) is 1.13. The lowest BCUT2D eigenvalue weighted by molar-refractivity contribution is 0.0996. The molecule has 140 valence electrons. The molecule has 1 aromatic heterocycles. The summed E-state index contributed by atoms with van der Waals surface area (Å²) in [5, 5.41) is 9.37. The Bertz CT molecular complexity index is 747. The van der Waals surface area contributed by atoms with Crippen molar-refractivity contribution in [3.8, 4) is 11.5 Å². The Morgan fingerprint density at radius 3 is 2.19 bits per heavy atom. The van der Waals surface area contributed by atoms with E-state index in [1.54, 1.807) is 24.3 Å². The molecular weight excluding hydrogens is 354 g/mol. The maximum absolute atomic E-state index is 12.3. The van der Waals surface area contributed by atoms with Crippen molar-refractivity contribution in [2.45, 2.75) is 20.8 Å². The molecule has 0 fully saturated rings. The summed E-state index contributed by atoms with van der Waals surface area (Å²) >= 11 is 5.24. The lowest BCUT2D eigenvalue weighted by Gasteiger charge is -2.18. The zero-order valence-electron chi connectivity index (χ0n) is 15.0. The molecule has 26 heavy (non-hydrogen) atoms. The Kier molecular flexibility index (Phi) is 7.28. The van der Waals surface area contributed by atoms with Crippen molar-refractivity contribution in [1.29, 1.82) is 0 Å². The van der Waals surface area contributed by atoms with Gasteiger partial charge in [-0.2, -0.15) is 0 Å². The molecule has 0 saturated carbocycles. The molecule has 1 aromatic carbocycles. The quantitative estimate of drug-likeness (QED) is 0.606. The molecule has 0 radical (unpaired) electrons. The summed E-state index contributed by atoms with van der Waals surface area (Å²) in [6, 6.07) is 6.69. The minimum atomic E-state index is -0.373. The molecular formula is C18H23N3O4S. The van der Waals surface area contributed by atoms with Gasteiger partial charge in [0, 0.05) is 18.7 Å². The maximum atomic E-state index is 12.3. The molecule has 7 nitrogen and oxygen atoms in total. The number of carbonyl (C=O) groups excluding carboxylic acids is 1. The molecule has 1 heterocycles. The van der Waals surface area contributed by atoms with Crippen LogP contribution in [0.4, 0.5) is 11.4 Å². The Labute approximate surface area is 158 Å². The zero-order chi connectivity index (χ0) is 18.9. The molecule has 0 atom stereocenters. The van der Waals surface area contributed by atoms with Gasteiger partial charge in [0.15, 0.2) is 10.9 Å². The first-order chi connectivity index (χ1) is 12.6. The summed E-state index contributed by atoms with van der Waals surface area (Å²) in [6.45, 7) is 7.30. The van der Waals surface area contributed by atoms with Crippen LogP contribution < -0.4 is 25.4 Å². The fourth-order valence-electron chi connectivity index (χ4n) is 2.22. The average molecular weight is 377 g/mol. The third-order valence-electron chi connectivity index (χ3n) is 3.26. The summed E-state index contributed by atoms with van der Waals surface area (Å²) < 4.78 is 16.5. The monoisotopic (exact) mass is 377 g/mol. The molecule has 0 aliphatic rings. The molecule has 0 spiro atoms. The van der Waals surface area contributed by atoms with E-state index < -0.39 is 0 Å². The van der Waals surface area contributed by atoms with Gasteiger partial charge in [-0.3, -0.25) is 4.79 Å². The predicted molar refractivity (Wildman–Crippen MR) is 105 cm³/mol. The van der Waals surface area contributed by atoms with Gasteiger partial charge in [-0.25, -0.2) is 0 Å². The first-order valence-corrected chi connectivity index (χ1v) is 8.83. The van der Waals surface area contributed by atoms with Crippen LogP contribution in [0.2, 0.25) is 0 Å². The van der Waals surface area contributed by atoms with Crippen LogP contribution in [0.3, 0.4) is 0 Å². The van der Waals surface area contributed by atoms with Crippen LogP contribution >= 0.6 is 12.2 Å². The SMILES string of the molecule is CCNC(=S)Nc1cc(OCC)c(NC(=O)c2ccco2)cc1OCC. The second-order valence-corrected chi connectivity index (χ2v) is 5.53. The first kappa shape index (κ1) is 19.6. The third kappa shape index (κ3) is 5.13. The third-order valence-corrected chi connectivity index (χ3v) is 3.51. The highest BCUT2D eigenvalue weighted by molar-refractivity contribution is 7.80. The fraction of sp³-hybridized carbons (Fsp3) is 0.333. The van der Waals surface area contributed by atoms with Gasteiger partial charge in [0.25, 0.3) is 5.91 Å². The van der Waals surface area contributed by atoms with Gasteiger partial charge in [-0.05, 0) is 45.1 Å². The topological polar surface area (TPSA) is 84.8 Å². The molecule has 1 amide bonds. The van der Waals surface area contributed by atoms with Gasteiger partial charge in [0.05, 0.1) is 30.9 Å². The van der Waals surface area contributed by atoms with Crippen LogP contribution in [0.15, 0.2) is 34.9 Å². The van der Waals surface area contributed by atoms with Crippen LogP contribution in [0.25, 0.3) is 0 Å². The molecule has 0 unspecified atom stereocenters. The number of benzene rings is 1. The lowest BCUT2D eigenvalue weighted by atomic mass is 10.2. The van der Waals surface area contributed by atoms with Crippen molar-refractivity contribution in [2.75, 3.05) is 30.4 Å². The van der Waals surface area contributed by atoms with Crippen LogP contribution in [-0.4, -0.2) is 30.8 Å². The van der Waals surface area contributed by atoms with Gasteiger partial charge >= 0.3 is 0 Å². The Morgan fingerprint density at radius 1 is 1.08 bits per heavy atom. The van der Waals surface area contributed by atoms with E-state index in [4.69, 9.17) is 26.1 Å². The highest BCUT2D eigenvalue weighted by Crippen LogP contribution is 2.37. The summed E-state index contributed by atoms with van der Waals surface area (Å²) in [5.74, 6) is 0.881. The van der Waals surface area contributed by atoms with Crippen molar-refractivity contribution in [3.05, 3.63) is 36.3 Å². The Hall–Kier alpha value is -2.74. The minimum Gasteiger partial charge on any atom is -0.492 e. The molecule has 0 aliphatic carbocycles. The van der Waals surface area contributed by atoms with E-state index in [9.17, 15) is 4.79 Å². The smallest absolute Gasteiger partial charge is 0.291 e. The molecule has 0 bridgehead atoms. The van der Waals surface area contributed by atoms with E-state index in [0.29, 0.717) is 47.7 Å². The summed E-state index contributed by atoms with van der Waals surface area (Å²) in [7, 11) is 0. The number of hydrogen-bond acceptors (Lipinski definition) is 5. The number of nitrogens with one attached hydrogen (secondary N) is 3. The van der Waals surface area contributed by atoms with Crippen LogP contribution in [-0.2, 0) is 0 Å². The van der Waals surface area contributed by atoms with Gasteiger partial charge in [0.1, 0.15) is 11.5 Å². The lowest BCUT2D eigenvalue weighted by Crippen LogP contribution is -2.28. The normalized spacial score (nSPS) is 10.1. The van der Waals surface area contributed by atoms with E-state index in [0.717, 1.165) is 0 Å². The van der Waals surface area contributed by atoms with E-state index in [2.05, 4.69) is 16.0 Å². The maximum Gasteiger partial charge on any atom is 0.291 e. The Morgan fingerprint density at radius 2 is 1.69 bits per heavy atom. The zero-order valence-corrected chi connectivity index (χ0v) is 15.9. The molecule has 2 aromatic rings. The minimum absolute atomic E-state index is 0.209. The fourth-order valence-corrected chi connectivity index (χ4v) is 2.48. The number of rotatable bonds is 8. The van der Waals surface area contributed by atoms with E-state index in [1.807, 2.05) is 20.8 Å². The number of thiocarbonyl (C=S) groups is 1. The van der Waals surface area contributed by atoms with Crippen LogP contribution in [0.1, 0.15) is 31.3 Å². The number of ether oxygens (including phenoxy) is 2. The standard InChI is InChI=1S/C18H23N3O4S/c1-4-19-18(26)21-13-11-15(23-5-2)12(10-16(13)24-6-3)20-17(22)14-8-7-9-25-14/h7-11H,4-6H2,1-3H3,(H,20,22)(H2,19,21,26). The van der Waals surface area contributed by atoms with Gasteiger partial charge in [-0.1, -0.05) is 0 Å². The highest BCUT2D eigenvalue weighted by atomic mass is 32.1. The largest absolute Gasteiger partial charge is 0.492 e. The number of hydrogen-bond donors (Lipinski definition) is 3.